The van der Waals surface area contributed by atoms with Crippen LogP contribution in [0.5, 0.6) is 0 Å². The van der Waals surface area contributed by atoms with Crippen LogP contribution in [0.4, 0.5) is 4.79 Å². The lowest BCUT2D eigenvalue weighted by atomic mass is 9.73. The standard InChI is InChI=1S/C12H24N2O2/c1-12(2,3)16-11(15)14-8-10-6-9(7-10)4-5-13/h9-10H,4-8,13H2,1-3H3,(H,14,15). The Morgan fingerprint density at radius 3 is 2.50 bits per heavy atom. The van der Waals surface area contributed by atoms with Gasteiger partial charge in [-0.15, -0.1) is 0 Å². The van der Waals surface area contributed by atoms with Crippen LogP contribution in [0.1, 0.15) is 40.0 Å². The van der Waals surface area contributed by atoms with E-state index in [9.17, 15) is 4.79 Å². The molecule has 16 heavy (non-hydrogen) atoms. The molecule has 0 unspecified atom stereocenters. The zero-order valence-electron chi connectivity index (χ0n) is 10.6. The normalized spacial score (nSPS) is 24.8. The molecular weight excluding hydrogens is 204 g/mol. The first-order chi connectivity index (χ1) is 7.40. The average molecular weight is 228 g/mol. The van der Waals surface area contributed by atoms with Crippen molar-refractivity contribution in [1.29, 1.82) is 0 Å². The van der Waals surface area contributed by atoms with Gasteiger partial charge in [0.05, 0.1) is 0 Å². The van der Waals surface area contributed by atoms with Crippen LogP contribution in [0, 0.1) is 11.8 Å². The Morgan fingerprint density at radius 1 is 1.38 bits per heavy atom. The Hall–Kier alpha value is -0.770. The molecule has 0 heterocycles. The fourth-order valence-corrected chi connectivity index (χ4v) is 2.05. The van der Waals surface area contributed by atoms with Crippen LogP contribution in [-0.4, -0.2) is 24.8 Å². The van der Waals surface area contributed by atoms with Crippen molar-refractivity contribution in [2.24, 2.45) is 17.6 Å². The molecule has 1 amide bonds. The van der Waals surface area contributed by atoms with Gasteiger partial charge in [0.15, 0.2) is 0 Å². The van der Waals surface area contributed by atoms with Gasteiger partial charge in [0.2, 0.25) is 0 Å². The molecule has 0 radical (unpaired) electrons. The topological polar surface area (TPSA) is 64.3 Å². The first kappa shape index (κ1) is 13.3. The van der Waals surface area contributed by atoms with Gasteiger partial charge >= 0.3 is 6.09 Å². The summed E-state index contributed by atoms with van der Waals surface area (Å²) in [6.45, 7) is 7.11. The second-order valence-corrected chi connectivity index (χ2v) is 5.66. The van der Waals surface area contributed by atoms with Gasteiger partial charge in [-0.05, 0) is 58.4 Å². The van der Waals surface area contributed by atoms with E-state index in [2.05, 4.69) is 5.32 Å². The van der Waals surface area contributed by atoms with Gasteiger partial charge < -0.3 is 15.8 Å². The summed E-state index contributed by atoms with van der Waals surface area (Å²) >= 11 is 0. The molecule has 1 aliphatic rings. The molecule has 1 fully saturated rings. The average Bonchev–Trinajstić information content (AvgIpc) is 2.05. The lowest BCUT2D eigenvalue weighted by molar-refractivity contribution is 0.0496. The molecule has 94 valence electrons. The zero-order valence-corrected chi connectivity index (χ0v) is 10.6. The summed E-state index contributed by atoms with van der Waals surface area (Å²) in [5.74, 6) is 1.39. The summed E-state index contributed by atoms with van der Waals surface area (Å²) in [7, 11) is 0. The monoisotopic (exact) mass is 228 g/mol. The van der Waals surface area contributed by atoms with Gasteiger partial charge in [0, 0.05) is 6.54 Å². The van der Waals surface area contributed by atoms with Crippen molar-refractivity contribution in [2.75, 3.05) is 13.1 Å². The Balaban J connectivity index is 2.06. The third-order valence-corrected chi connectivity index (χ3v) is 2.84. The highest BCUT2D eigenvalue weighted by molar-refractivity contribution is 5.67. The lowest BCUT2D eigenvalue weighted by Crippen LogP contribution is -2.39. The summed E-state index contributed by atoms with van der Waals surface area (Å²) < 4.78 is 5.16. The van der Waals surface area contributed by atoms with Crippen LogP contribution in [0.15, 0.2) is 0 Å². The maximum Gasteiger partial charge on any atom is 0.407 e. The first-order valence-corrected chi connectivity index (χ1v) is 6.07. The summed E-state index contributed by atoms with van der Waals surface area (Å²) in [4.78, 5) is 11.4. The molecule has 0 aliphatic heterocycles. The summed E-state index contributed by atoms with van der Waals surface area (Å²) in [6, 6.07) is 0. The van der Waals surface area contributed by atoms with E-state index in [-0.39, 0.29) is 6.09 Å². The van der Waals surface area contributed by atoms with Gasteiger partial charge in [-0.2, -0.15) is 0 Å². The molecule has 0 spiro atoms. The van der Waals surface area contributed by atoms with E-state index in [0.29, 0.717) is 5.92 Å². The highest BCUT2D eigenvalue weighted by atomic mass is 16.6. The van der Waals surface area contributed by atoms with Gasteiger partial charge in [0.25, 0.3) is 0 Å². The molecule has 1 saturated carbocycles. The predicted molar refractivity (Wildman–Crippen MR) is 64.1 cm³/mol. The molecule has 4 heteroatoms. The molecule has 0 atom stereocenters. The lowest BCUT2D eigenvalue weighted by Gasteiger charge is -2.35. The highest BCUT2D eigenvalue weighted by Crippen LogP contribution is 2.35. The second kappa shape index (κ2) is 5.53. The fourth-order valence-electron chi connectivity index (χ4n) is 2.05. The third-order valence-electron chi connectivity index (χ3n) is 2.84. The van der Waals surface area contributed by atoms with Crippen molar-refractivity contribution < 1.29 is 9.53 Å². The minimum absolute atomic E-state index is 0.310. The summed E-state index contributed by atoms with van der Waals surface area (Å²) in [6.07, 6.45) is 3.18. The maximum absolute atomic E-state index is 11.4. The molecule has 1 rings (SSSR count). The van der Waals surface area contributed by atoms with Gasteiger partial charge in [-0.3, -0.25) is 0 Å². The number of carbonyl (C=O) groups excluding carboxylic acids is 1. The summed E-state index contributed by atoms with van der Waals surface area (Å²) in [5, 5.41) is 2.81. The Labute approximate surface area is 97.9 Å². The molecule has 0 aromatic heterocycles. The molecule has 0 aromatic rings. The Bertz CT molecular complexity index is 230. The van der Waals surface area contributed by atoms with Crippen molar-refractivity contribution in [3.8, 4) is 0 Å². The number of hydrogen-bond acceptors (Lipinski definition) is 3. The summed E-state index contributed by atoms with van der Waals surface area (Å²) in [5.41, 5.74) is 5.08. The molecule has 4 nitrogen and oxygen atoms in total. The zero-order chi connectivity index (χ0) is 12.2. The first-order valence-electron chi connectivity index (χ1n) is 6.07. The highest BCUT2D eigenvalue weighted by Gasteiger charge is 2.28. The maximum atomic E-state index is 11.4. The van der Waals surface area contributed by atoms with Crippen LogP contribution in [0.3, 0.4) is 0 Å². The van der Waals surface area contributed by atoms with Crippen molar-refractivity contribution in [2.45, 2.75) is 45.6 Å². The van der Waals surface area contributed by atoms with Crippen LogP contribution >= 0.6 is 0 Å². The number of nitrogens with two attached hydrogens (primary N) is 1. The number of rotatable bonds is 4. The predicted octanol–water partition coefficient (Wildman–Crippen LogP) is 1.89. The largest absolute Gasteiger partial charge is 0.444 e. The van der Waals surface area contributed by atoms with E-state index in [1.807, 2.05) is 20.8 Å². The number of ether oxygens (including phenoxy) is 1. The van der Waals surface area contributed by atoms with Crippen molar-refractivity contribution >= 4 is 6.09 Å². The molecule has 3 N–H and O–H groups in total. The van der Waals surface area contributed by atoms with Crippen LogP contribution in [-0.2, 0) is 4.74 Å². The van der Waals surface area contributed by atoms with E-state index in [0.717, 1.165) is 25.4 Å². The number of alkyl carbamates (subject to hydrolysis) is 1. The van der Waals surface area contributed by atoms with Crippen LogP contribution < -0.4 is 11.1 Å². The quantitative estimate of drug-likeness (QED) is 0.772. The smallest absolute Gasteiger partial charge is 0.407 e. The van der Waals surface area contributed by atoms with Crippen molar-refractivity contribution in [1.82, 2.24) is 5.32 Å². The minimum Gasteiger partial charge on any atom is -0.444 e. The van der Waals surface area contributed by atoms with Gasteiger partial charge in [-0.1, -0.05) is 0 Å². The number of nitrogens with one attached hydrogen (secondary N) is 1. The number of hydrogen-bond donors (Lipinski definition) is 2. The van der Waals surface area contributed by atoms with Crippen molar-refractivity contribution in [3.63, 3.8) is 0 Å². The third kappa shape index (κ3) is 4.84. The van der Waals surface area contributed by atoms with Crippen LogP contribution in [0.25, 0.3) is 0 Å². The van der Waals surface area contributed by atoms with E-state index in [4.69, 9.17) is 10.5 Å². The Morgan fingerprint density at radius 2 is 2.00 bits per heavy atom. The SMILES string of the molecule is CC(C)(C)OC(=O)NCC1CC(CCN)C1. The second-order valence-electron chi connectivity index (χ2n) is 5.66. The van der Waals surface area contributed by atoms with E-state index in [1.165, 1.54) is 12.8 Å². The number of carbonyl (C=O) groups is 1. The fraction of sp³-hybridized carbons (Fsp3) is 0.917. The molecule has 0 aromatic carbocycles. The van der Waals surface area contributed by atoms with E-state index in [1.54, 1.807) is 0 Å². The Kier molecular flexibility index (Phi) is 4.59. The van der Waals surface area contributed by atoms with Crippen LogP contribution in [0.2, 0.25) is 0 Å². The van der Waals surface area contributed by atoms with Gasteiger partial charge in [0.1, 0.15) is 5.60 Å². The molecule has 1 aliphatic carbocycles. The van der Waals surface area contributed by atoms with E-state index >= 15 is 0 Å². The van der Waals surface area contributed by atoms with Gasteiger partial charge in [-0.25, -0.2) is 4.79 Å². The molecule has 0 saturated heterocycles. The number of amides is 1. The molecule has 0 bridgehead atoms. The molecular formula is C12H24N2O2. The minimum atomic E-state index is -0.411. The van der Waals surface area contributed by atoms with Crippen molar-refractivity contribution in [3.05, 3.63) is 0 Å². The van der Waals surface area contributed by atoms with E-state index < -0.39 is 5.60 Å².